The number of rotatable bonds is 4. The molecule has 1 aromatic heterocycles. The lowest BCUT2D eigenvalue weighted by Gasteiger charge is -2.09. The number of aromatic nitrogens is 2. The van der Waals surface area contributed by atoms with Crippen LogP contribution >= 0.6 is 0 Å². The van der Waals surface area contributed by atoms with Gasteiger partial charge in [-0.3, -0.25) is 24.2 Å². The molecular formula is C15H13N3O7. The van der Waals surface area contributed by atoms with Gasteiger partial charge in [-0.25, -0.2) is 4.79 Å². The Hall–Kier alpha value is -3.69. The lowest BCUT2D eigenvalue weighted by Crippen LogP contribution is -2.26. The van der Waals surface area contributed by atoms with Crippen LogP contribution in [0.1, 0.15) is 24.2 Å². The van der Waals surface area contributed by atoms with E-state index in [4.69, 9.17) is 9.47 Å². The van der Waals surface area contributed by atoms with Crippen LogP contribution in [0.25, 0.3) is 0 Å². The van der Waals surface area contributed by atoms with E-state index in [0.717, 1.165) is 20.0 Å². The molecule has 0 spiro atoms. The normalized spacial score (nSPS) is 10.0. The molecule has 0 saturated heterocycles. The van der Waals surface area contributed by atoms with Crippen LogP contribution < -0.4 is 26.0 Å². The molecule has 10 nitrogen and oxygen atoms in total. The van der Waals surface area contributed by atoms with Crippen molar-refractivity contribution in [3.05, 3.63) is 50.8 Å². The van der Waals surface area contributed by atoms with Gasteiger partial charge in [0, 0.05) is 31.7 Å². The number of hydrogen-bond donors (Lipinski definition) is 3. The highest BCUT2D eigenvalue weighted by Gasteiger charge is 2.14. The van der Waals surface area contributed by atoms with Crippen LogP contribution in [0.2, 0.25) is 0 Å². The van der Waals surface area contributed by atoms with Gasteiger partial charge in [-0.2, -0.15) is 0 Å². The molecule has 0 fully saturated rings. The molecule has 0 bridgehead atoms. The third-order valence-electron chi connectivity index (χ3n) is 2.73. The molecule has 0 aliphatic rings. The van der Waals surface area contributed by atoms with E-state index in [1.54, 1.807) is 0 Å². The van der Waals surface area contributed by atoms with E-state index < -0.39 is 29.1 Å². The van der Waals surface area contributed by atoms with E-state index >= 15 is 0 Å². The molecule has 0 saturated carbocycles. The van der Waals surface area contributed by atoms with Crippen molar-refractivity contribution in [2.24, 2.45) is 0 Å². The van der Waals surface area contributed by atoms with Crippen molar-refractivity contribution < 1.29 is 23.9 Å². The maximum absolute atomic E-state index is 12.3. The smallest absolute Gasteiger partial charge is 0.325 e. The largest absolute Gasteiger partial charge is 0.427 e. The van der Waals surface area contributed by atoms with Gasteiger partial charge in [-0.15, -0.1) is 0 Å². The fourth-order valence-electron chi connectivity index (χ4n) is 1.85. The SMILES string of the molecule is CC(=O)Oc1cc(OC(C)=O)cc(C(=O)Nc2c[nH]c(=O)[nH]c2=O)c1. The molecule has 10 heteroatoms. The van der Waals surface area contributed by atoms with Gasteiger partial charge in [0.2, 0.25) is 0 Å². The van der Waals surface area contributed by atoms with Crippen molar-refractivity contribution in [3.8, 4) is 11.5 Å². The Morgan fingerprint density at radius 3 is 2.00 bits per heavy atom. The number of carbonyl (C=O) groups excluding carboxylic acids is 3. The van der Waals surface area contributed by atoms with Crippen molar-refractivity contribution in [1.29, 1.82) is 0 Å². The zero-order valence-electron chi connectivity index (χ0n) is 13.2. The van der Waals surface area contributed by atoms with E-state index in [9.17, 15) is 24.0 Å². The number of H-pyrrole nitrogens is 2. The summed E-state index contributed by atoms with van der Waals surface area (Å²) in [4.78, 5) is 61.2. The quantitative estimate of drug-likeness (QED) is 0.527. The van der Waals surface area contributed by atoms with Gasteiger partial charge in [0.1, 0.15) is 17.2 Å². The van der Waals surface area contributed by atoms with E-state index in [-0.39, 0.29) is 22.7 Å². The predicted octanol–water partition coefficient (Wildman–Crippen LogP) is 0.166. The van der Waals surface area contributed by atoms with Gasteiger partial charge in [-0.05, 0) is 12.1 Å². The molecule has 0 aliphatic carbocycles. The Bertz CT molecular complexity index is 924. The Kier molecular flexibility index (Phi) is 5.12. The second kappa shape index (κ2) is 7.25. The van der Waals surface area contributed by atoms with Crippen LogP contribution in [-0.2, 0) is 9.59 Å². The summed E-state index contributed by atoms with van der Waals surface area (Å²) in [5.41, 5.74) is -1.76. The minimum Gasteiger partial charge on any atom is -0.427 e. The average Bonchev–Trinajstić information content (AvgIpc) is 2.48. The topological polar surface area (TPSA) is 147 Å². The van der Waals surface area contributed by atoms with Gasteiger partial charge in [0.15, 0.2) is 0 Å². The lowest BCUT2D eigenvalue weighted by atomic mass is 10.2. The van der Waals surface area contributed by atoms with Gasteiger partial charge >= 0.3 is 17.6 Å². The third kappa shape index (κ3) is 4.89. The van der Waals surface area contributed by atoms with E-state index in [0.29, 0.717) is 0 Å². The summed E-state index contributed by atoms with van der Waals surface area (Å²) >= 11 is 0. The average molecular weight is 347 g/mol. The van der Waals surface area contributed by atoms with Crippen molar-refractivity contribution >= 4 is 23.5 Å². The number of aromatic amines is 2. The highest BCUT2D eigenvalue weighted by Crippen LogP contribution is 2.24. The van der Waals surface area contributed by atoms with Crippen LogP contribution in [0.5, 0.6) is 11.5 Å². The first-order valence-corrected chi connectivity index (χ1v) is 6.90. The molecule has 25 heavy (non-hydrogen) atoms. The summed E-state index contributed by atoms with van der Waals surface area (Å²) in [6, 6.07) is 3.71. The maximum atomic E-state index is 12.3. The van der Waals surface area contributed by atoms with Gasteiger partial charge < -0.3 is 19.8 Å². The summed E-state index contributed by atoms with van der Waals surface area (Å²) in [5, 5.41) is 2.28. The molecule has 1 heterocycles. The number of carbonyl (C=O) groups is 3. The molecule has 2 rings (SSSR count). The van der Waals surface area contributed by atoms with Crippen LogP contribution in [0, 0.1) is 0 Å². The summed E-state index contributed by atoms with van der Waals surface area (Å²) < 4.78 is 9.78. The fourth-order valence-corrected chi connectivity index (χ4v) is 1.85. The molecule has 0 aliphatic heterocycles. The first-order chi connectivity index (χ1) is 11.7. The highest BCUT2D eigenvalue weighted by atomic mass is 16.5. The van der Waals surface area contributed by atoms with Crippen molar-refractivity contribution in [2.75, 3.05) is 5.32 Å². The van der Waals surface area contributed by atoms with Crippen LogP contribution in [0.4, 0.5) is 5.69 Å². The number of anilines is 1. The lowest BCUT2D eigenvalue weighted by molar-refractivity contribution is -0.132. The first-order valence-electron chi connectivity index (χ1n) is 6.90. The Morgan fingerprint density at radius 2 is 1.52 bits per heavy atom. The monoisotopic (exact) mass is 347 g/mol. The van der Waals surface area contributed by atoms with Crippen molar-refractivity contribution in [1.82, 2.24) is 9.97 Å². The number of benzene rings is 1. The Labute approximate surface area is 139 Å². The highest BCUT2D eigenvalue weighted by molar-refractivity contribution is 6.04. The zero-order chi connectivity index (χ0) is 18.6. The van der Waals surface area contributed by atoms with Gasteiger partial charge in [0.05, 0.1) is 0 Å². The molecule has 130 valence electrons. The van der Waals surface area contributed by atoms with Crippen LogP contribution in [0.15, 0.2) is 34.0 Å². The fraction of sp³-hybridized carbons (Fsp3) is 0.133. The summed E-state index contributed by atoms with van der Waals surface area (Å²) in [6.45, 7) is 2.33. The maximum Gasteiger partial charge on any atom is 0.325 e. The van der Waals surface area contributed by atoms with Crippen LogP contribution in [-0.4, -0.2) is 27.8 Å². The number of esters is 2. The molecule has 0 unspecified atom stereocenters. The molecule has 2 aromatic rings. The number of hydrogen-bond acceptors (Lipinski definition) is 7. The third-order valence-corrected chi connectivity index (χ3v) is 2.73. The minimum absolute atomic E-state index is 0.0215. The van der Waals surface area contributed by atoms with Gasteiger partial charge in [-0.1, -0.05) is 0 Å². The minimum atomic E-state index is -0.798. The van der Waals surface area contributed by atoms with Crippen molar-refractivity contribution in [3.63, 3.8) is 0 Å². The number of amides is 1. The predicted molar refractivity (Wildman–Crippen MR) is 84.7 cm³/mol. The Balaban J connectivity index is 2.36. The molecule has 1 amide bonds. The zero-order valence-corrected chi connectivity index (χ0v) is 13.2. The number of ether oxygens (including phenoxy) is 2. The van der Waals surface area contributed by atoms with E-state index in [1.165, 1.54) is 18.2 Å². The second-order valence-electron chi connectivity index (χ2n) is 4.82. The summed E-state index contributed by atoms with van der Waals surface area (Å²) in [7, 11) is 0. The molecule has 3 N–H and O–H groups in total. The van der Waals surface area contributed by atoms with Gasteiger partial charge in [0.25, 0.3) is 11.5 Å². The van der Waals surface area contributed by atoms with E-state index in [1.807, 2.05) is 4.98 Å². The Morgan fingerprint density at radius 1 is 0.960 bits per heavy atom. The first kappa shape index (κ1) is 17.7. The van der Waals surface area contributed by atoms with Crippen molar-refractivity contribution in [2.45, 2.75) is 13.8 Å². The molecular weight excluding hydrogens is 334 g/mol. The van der Waals surface area contributed by atoms with Crippen LogP contribution in [0.3, 0.4) is 0 Å². The standard InChI is InChI=1S/C15H13N3O7/c1-7(19)24-10-3-9(4-11(5-10)25-8(2)20)13(21)17-12-6-16-15(23)18-14(12)22/h3-6H,1-2H3,(H,17,21)(H2,16,18,22,23). The number of nitrogens with one attached hydrogen (secondary N) is 3. The second-order valence-corrected chi connectivity index (χ2v) is 4.82. The van der Waals surface area contributed by atoms with E-state index in [2.05, 4.69) is 10.3 Å². The summed E-state index contributed by atoms with van der Waals surface area (Å²) in [5.74, 6) is -2.06. The molecule has 0 radical (unpaired) electrons. The summed E-state index contributed by atoms with van der Waals surface area (Å²) in [6.07, 6.45) is 1.03. The molecule has 0 atom stereocenters. The molecule has 1 aromatic carbocycles.